The van der Waals surface area contributed by atoms with Crippen LogP contribution < -0.4 is 5.73 Å². The normalized spacial score (nSPS) is 27.8. The summed E-state index contributed by atoms with van der Waals surface area (Å²) in [5, 5.41) is 0. The lowest BCUT2D eigenvalue weighted by Crippen LogP contribution is -2.40. The molecule has 4 heteroatoms. The molecule has 2 unspecified atom stereocenters. The average Bonchev–Trinajstić information content (AvgIpc) is 2.81. The Hall–Kier alpha value is -0.870. The SMILES string of the molecule is CC(C)N1CCCC(Cc2ncc3n2CCC(N)C3)C1. The molecule has 1 aromatic heterocycles. The fourth-order valence-electron chi connectivity index (χ4n) is 3.71. The third-order valence-corrected chi connectivity index (χ3v) is 4.97. The van der Waals surface area contributed by atoms with E-state index >= 15 is 0 Å². The Morgan fingerprint density at radius 2 is 2.20 bits per heavy atom. The molecule has 0 aliphatic carbocycles. The van der Waals surface area contributed by atoms with Crippen molar-refractivity contribution in [3.05, 3.63) is 17.7 Å². The summed E-state index contributed by atoms with van der Waals surface area (Å²) >= 11 is 0. The Balaban J connectivity index is 1.66. The van der Waals surface area contributed by atoms with Gasteiger partial charge in [0, 0.05) is 49.9 Å². The Morgan fingerprint density at radius 3 is 3.00 bits per heavy atom. The first-order valence-corrected chi connectivity index (χ1v) is 8.16. The largest absolute Gasteiger partial charge is 0.332 e. The lowest BCUT2D eigenvalue weighted by molar-refractivity contribution is 0.138. The van der Waals surface area contributed by atoms with Crippen LogP contribution in [0.1, 0.15) is 44.6 Å². The summed E-state index contributed by atoms with van der Waals surface area (Å²) in [5.41, 5.74) is 7.39. The van der Waals surface area contributed by atoms with Crippen LogP contribution in [0.3, 0.4) is 0 Å². The highest BCUT2D eigenvalue weighted by molar-refractivity contribution is 5.10. The fourth-order valence-corrected chi connectivity index (χ4v) is 3.71. The van der Waals surface area contributed by atoms with E-state index in [1.54, 1.807) is 0 Å². The molecule has 3 heterocycles. The Morgan fingerprint density at radius 1 is 1.35 bits per heavy atom. The number of imidazole rings is 1. The molecule has 2 aliphatic heterocycles. The molecule has 0 spiro atoms. The summed E-state index contributed by atoms with van der Waals surface area (Å²) in [5.74, 6) is 2.07. The van der Waals surface area contributed by atoms with Gasteiger partial charge in [-0.05, 0) is 45.6 Å². The molecule has 1 aromatic rings. The molecule has 0 radical (unpaired) electrons. The number of aromatic nitrogens is 2. The highest BCUT2D eigenvalue weighted by Crippen LogP contribution is 2.24. The van der Waals surface area contributed by atoms with Crippen molar-refractivity contribution in [2.45, 2.75) is 64.6 Å². The number of hydrogen-bond acceptors (Lipinski definition) is 3. The van der Waals surface area contributed by atoms with E-state index in [9.17, 15) is 0 Å². The number of nitrogens with zero attached hydrogens (tertiary/aromatic N) is 3. The molecule has 112 valence electrons. The van der Waals surface area contributed by atoms with Crippen LogP contribution in [-0.2, 0) is 19.4 Å². The predicted octanol–water partition coefficient (Wildman–Crippen LogP) is 1.82. The second kappa shape index (κ2) is 5.86. The van der Waals surface area contributed by atoms with E-state index in [1.165, 1.54) is 37.4 Å². The van der Waals surface area contributed by atoms with E-state index in [1.807, 2.05) is 0 Å². The van der Waals surface area contributed by atoms with Crippen LogP contribution in [0, 0.1) is 5.92 Å². The van der Waals surface area contributed by atoms with Gasteiger partial charge in [0.15, 0.2) is 0 Å². The first-order valence-electron chi connectivity index (χ1n) is 8.16. The Bertz CT molecular complexity index is 451. The molecule has 1 saturated heterocycles. The zero-order valence-corrected chi connectivity index (χ0v) is 12.9. The number of fused-ring (bicyclic) bond motifs is 1. The van der Waals surface area contributed by atoms with Gasteiger partial charge in [-0.1, -0.05) is 0 Å². The molecule has 0 aromatic carbocycles. The van der Waals surface area contributed by atoms with Gasteiger partial charge < -0.3 is 15.2 Å². The van der Waals surface area contributed by atoms with Crippen molar-refractivity contribution in [2.24, 2.45) is 11.7 Å². The summed E-state index contributed by atoms with van der Waals surface area (Å²) in [4.78, 5) is 7.30. The molecule has 0 saturated carbocycles. The Labute approximate surface area is 122 Å². The van der Waals surface area contributed by atoms with Crippen molar-refractivity contribution in [2.75, 3.05) is 13.1 Å². The van der Waals surface area contributed by atoms with Gasteiger partial charge in [-0.3, -0.25) is 0 Å². The van der Waals surface area contributed by atoms with Crippen LogP contribution in [-0.4, -0.2) is 39.6 Å². The molecule has 4 nitrogen and oxygen atoms in total. The topological polar surface area (TPSA) is 47.1 Å². The molecule has 3 rings (SSSR count). The minimum atomic E-state index is 0.332. The van der Waals surface area contributed by atoms with E-state index in [-0.39, 0.29) is 0 Å². The molecule has 20 heavy (non-hydrogen) atoms. The molecule has 2 N–H and O–H groups in total. The van der Waals surface area contributed by atoms with Crippen molar-refractivity contribution >= 4 is 0 Å². The van der Waals surface area contributed by atoms with Crippen molar-refractivity contribution in [1.29, 1.82) is 0 Å². The number of hydrogen-bond donors (Lipinski definition) is 1. The molecule has 0 amide bonds. The van der Waals surface area contributed by atoms with Gasteiger partial charge in [0.2, 0.25) is 0 Å². The summed E-state index contributed by atoms with van der Waals surface area (Å²) in [7, 11) is 0. The molecule has 2 aliphatic rings. The minimum absolute atomic E-state index is 0.332. The van der Waals surface area contributed by atoms with Crippen LogP contribution >= 0.6 is 0 Å². The summed E-state index contributed by atoms with van der Waals surface area (Å²) in [6, 6.07) is 1.00. The third kappa shape index (κ3) is 2.91. The van der Waals surface area contributed by atoms with Crippen molar-refractivity contribution in [3.8, 4) is 0 Å². The molecular weight excluding hydrogens is 248 g/mol. The van der Waals surface area contributed by atoms with Gasteiger partial charge in [0.25, 0.3) is 0 Å². The highest BCUT2D eigenvalue weighted by atomic mass is 15.2. The van der Waals surface area contributed by atoms with Gasteiger partial charge in [0.1, 0.15) is 5.82 Å². The summed E-state index contributed by atoms with van der Waals surface area (Å²) < 4.78 is 2.43. The van der Waals surface area contributed by atoms with E-state index in [4.69, 9.17) is 5.73 Å². The number of nitrogens with two attached hydrogens (primary N) is 1. The van der Waals surface area contributed by atoms with Gasteiger partial charge in [-0.15, -0.1) is 0 Å². The third-order valence-electron chi connectivity index (χ3n) is 4.97. The molecule has 2 atom stereocenters. The lowest BCUT2D eigenvalue weighted by Gasteiger charge is -2.35. The quantitative estimate of drug-likeness (QED) is 0.916. The van der Waals surface area contributed by atoms with E-state index in [2.05, 4.69) is 34.5 Å². The number of rotatable bonds is 3. The van der Waals surface area contributed by atoms with Crippen LogP contribution in [0.5, 0.6) is 0 Å². The maximum atomic E-state index is 6.05. The van der Waals surface area contributed by atoms with Crippen LogP contribution in [0.4, 0.5) is 0 Å². The highest BCUT2D eigenvalue weighted by Gasteiger charge is 2.25. The fraction of sp³-hybridized carbons (Fsp3) is 0.812. The average molecular weight is 276 g/mol. The lowest BCUT2D eigenvalue weighted by atomic mass is 9.93. The smallest absolute Gasteiger partial charge is 0.109 e. The number of likely N-dealkylation sites (tertiary alicyclic amines) is 1. The van der Waals surface area contributed by atoms with Crippen LogP contribution in [0.25, 0.3) is 0 Å². The van der Waals surface area contributed by atoms with Gasteiger partial charge in [0.05, 0.1) is 0 Å². The van der Waals surface area contributed by atoms with E-state index in [0.717, 1.165) is 31.7 Å². The monoisotopic (exact) mass is 276 g/mol. The van der Waals surface area contributed by atoms with Crippen LogP contribution in [0.2, 0.25) is 0 Å². The molecule has 1 fully saturated rings. The minimum Gasteiger partial charge on any atom is -0.332 e. The van der Waals surface area contributed by atoms with Gasteiger partial charge in [-0.25, -0.2) is 4.98 Å². The zero-order valence-electron chi connectivity index (χ0n) is 12.9. The first-order chi connectivity index (χ1) is 9.63. The van der Waals surface area contributed by atoms with Crippen molar-refractivity contribution < 1.29 is 0 Å². The van der Waals surface area contributed by atoms with E-state index < -0.39 is 0 Å². The van der Waals surface area contributed by atoms with Gasteiger partial charge in [-0.2, -0.15) is 0 Å². The standard InChI is InChI=1S/C16H28N4/c1-12(2)19-6-3-4-13(11-19)8-16-18-10-15-9-14(17)5-7-20(15)16/h10,12-14H,3-9,11,17H2,1-2H3. The van der Waals surface area contributed by atoms with Crippen molar-refractivity contribution in [1.82, 2.24) is 14.5 Å². The summed E-state index contributed by atoms with van der Waals surface area (Å²) in [6.07, 6.45) is 7.97. The first kappa shape index (κ1) is 14.1. The van der Waals surface area contributed by atoms with Crippen molar-refractivity contribution in [3.63, 3.8) is 0 Å². The maximum absolute atomic E-state index is 6.05. The van der Waals surface area contributed by atoms with E-state index in [0.29, 0.717) is 12.1 Å². The molecular formula is C16H28N4. The number of piperidine rings is 1. The zero-order chi connectivity index (χ0) is 14.1. The second-order valence-electron chi connectivity index (χ2n) is 6.87. The second-order valence-corrected chi connectivity index (χ2v) is 6.87. The predicted molar refractivity (Wildman–Crippen MR) is 81.7 cm³/mol. The van der Waals surface area contributed by atoms with Gasteiger partial charge >= 0.3 is 0 Å². The maximum Gasteiger partial charge on any atom is 0.109 e. The Kier molecular flexibility index (Phi) is 4.13. The molecule has 0 bridgehead atoms. The summed E-state index contributed by atoms with van der Waals surface area (Å²) in [6.45, 7) is 8.18. The van der Waals surface area contributed by atoms with Crippen LogP contribution in [0.15, 0.2) is 6.20 Å².